The van der Waals surface area contributed by atoms with Crippen LogP contribution in [0.1, 0.15) is 31.7 Å². The molecule has 0 aliphatic carbocycles. The second kappa shape index (κ2) is 8.84. The fourth-order valence-electron chi connectivity index (χ4n) is 2.62. The third kappa shape index (κ3) is 5.48. The van der Waals surface area contributed by atoms with Gasteiger partial charge in [-0.2, -0.15) is 0 Å². The minimum Gasteiger partial charge on any atom is -0.393 e. The first-order valence-corrected chi connectivity index (χ1v) is 8.16. The van der Waals surface area contributed by atoms with Crippen LogP contribution >= 0.6 is 0 Å². The number of ether oxygens (including phenoxy) is 1. The summed E-state index contributed by atoms with van der Waals surface area (Å²) in [5.41, 5.74) is 1.29. The van der Waals surface area contributed by atoms with E-state index in [4.69, 9.17) is 4.74 Å². The normalized spacial score (nSPS) is 15.7. The largest absolute Gasteiger partial charge is 0.393 e. The Kier molecular flexibility index (Phi) is 6.80. The standard InChI is InChI=1S/C17H25FN2O3/c1-2-23-10-7-17(22)19-12-13-3-4-16(15(18)11-13)20-8-5-14(21)6-9-20/h3-4,11,14,21H,2,5-10,12H2,1H3,(H,19,22). The number of hydrogen-bond acceptors (Lipinski definition) is 4. The number of rotatable bonds is 7. The van der Waals surface area contributed by atoms with Crippen LogP contribution in [0.25, 0.3) is 0 Å². The predicted molar refractivity (Wildman–Crippen MR) is 86.8 cm³/mol. The van der Waals surface area contributed by atoms with Gasteiger partial charge in [0.25, 0.3) is 0 Å². The first-order chi connectivity index (χ1) is 11.1. The Hall–Kier alpha value is -1.66. The van der Waals surface area contributed by atoms with Crippen molar-refractivity contribution in [3.05, 3.63) is 29.6 Å². The Bertz CT molecular complexity index is 517. The van der Waals surface area contributed by atoms with E-state index in [2.05, 4.69) is 5.32 Å². The van der Waals surface area contributed by atoms with E-state index in [-0.39, 0.29) is 17.8 Å². The molecule has 0 bridgehead atoms. The predicted octanol–water partition coefficient (Wildman–Crippen LogP) is 1.83. The molecule has 0 saturated carbocycles. The summed E-state index contributed by atoms with van der Waals surface area (Å²) >= 11 is 0. The lowest BCUT2D eigenvalue weighted by molar-refractivity contribution is -0.122. The summed E-state index contributed by atoms with van der Waals surface area (Å²) in [5, 5.41) is 12.3. The zero-order valence-corrected chi connectivity index (χ0v) is 13.6. The number of amides is 1. The topological polar surface area (TPSA) is 61.8 Å². The minimum absolute atomic E-state index is 0.104. The molecule has 6 heteroatoms. The van der Waals surface area contributed by atoms with Crippen LogP contribution in [-0.4, -0.2) is 43.4 Å². The van der Waals surface area contributed by atoms with Crippen molar-refractivity contribution in [3.8, 4) is 0 Å². The van der Waals surface area contributed by atoms with Gasteiger partial charge in [-0.05, 0) is 37.5 Å². The number of nitrogens with zero attached hydrogens (tertiary/aromatic N) is 1. The van der Waals surface area contributed by atoms with E-state index in [0.717, 1.165) is 5.56 Å². The van der Waals surface area contributed by atoms with Crippen molar-refractivity contribution in [2.75, 3.05) is 31.2 Å². The molecule has 1 aliphatic heterocycles. The maximum Gasteiger partial charge on any atom is 0.222 e. The van der Waals surface area contributed by atoms with Gasteiger partial charge in [0.2, 0.25) is 5.91 Å². The number of carbonyl (C=O) groups excluding carboxylic acids is 1. The molecule has 1 aromatic rings. The number of benzene rings is 1. The number of piperidine rings is 1. The quantitative estimate of drug-likeness (QED) is 0.751. The number of aliphatic hydroxyl groups is 1. The number of carbonyl (C=O) groups is 1. The molecule has 1 saturated heterocycles. The summed E-state index contributed by atoms with van der Waals surface area (Å²) in [4.78, 5) is 13.6. The maximum absolute atomic E-state index is 14.3. The average Bonchev–Trinajstić information content (AvgIpc) is 2.54. The summed E-state index contributed by atoms with van der Waals surface area (Å²) in [6, 6.07) is 5.03. The van der Waals surface area contributed by atoms with Crippen molar-refractivity contribution in [3.63, 3.8) is 0 Å². The Morgan fingerprint density at radius 2 is 2.17 bits per heavy atom. The van der Waals surface area contributed by atoms with Gasteiger partial charge in [0, 0.05) is 32.7 Å². The maximum atomic E-state index is 14.3. The minimum atomic E-state index is -0.289. The smallest absolute Gasteiger partial charge is 0.222 e. The van der Waals surface area contributed by atoms with Gasteiger partial charge in [-0.1, -0.05) is 6.07 Å². The monoisotopic (exact) mass is 324 g/mol. The molecule has 5 nitrogen and oxygen atoms in total. The molecule has 2 N–H and O–H groups in total. The highest BCUT2D eigenvalue weighted by Crippen LogP contribution is 2.24. The first kappa shape index (κ1) is 17.7. The third-order valence-electron chi connectivity index (χ3n) is 3.98. The number of nitrogens with one attached hydrogen (secondary N) is 1. The summed E-state index contributed by atoms with van der Waals surface area (Å²) in [6.45, 7) is 4.49. The zero-order valence-electron chi connectivity index (χ0n) is 13.6. The number of aliphatic hydroxyl groups excluding tert-OH is 1. The molecule has 1 aliphatic rings. The highest BCUT2D eigenvalue weighted by atomic mass is 19.1. The van der Waals surface area contributed by atoms with E-state index in [1.54, 1.807) is 6.07 Å². The highest BCUT2D eigenvalue weighted by Gasteiger charge is 2.19. The van der Waals surface area contributed by atoms with Gasteiger partial charge in [-0.25, -0.2) is 4.39 Å². The van der Waals surface area contributed by atoms with Gasteiger partial charge in [0.15, 0.2) is 0 Å². The van der Waals surface area contributed by atoms with Crippen LogP contribution in [0.5, 0.6) is 0 Å². The van der Waals surface area contributed by atoms with Crippen LogP contribution in [-0.2, 0) is 16.1 Å². The summed E-state index contributed by atoms with van der Waals surface area (Å²) in [5.74, 6) is -0.393. The molecule has 0 unspecified atom stereocenters. The molecular weight excluding hydrogens is 299 g/mol. The Balaban J connectivity index is 1.85. The van der Waals surface area contributed by atoms with E-state index in [1.807, 2.05) is 17.9 Å². The molecule has 1 aromatic carbocycles. The lowest BCUT2D eigenvalue weighted by Gasteiger charge is -2.31. The van der Waals surface area contributed by atoms with Crippen molar-refractivity contribution in [2.45, 2.75) is 38.8 Å². The van der Waals surface area contributed by atoms with Crippen LogP contribution in [0.15, 0.2) is 18.2 Å². The Labute approximate surface area is 136 Å². The van der Waals surface area contributed by atoms with Gasteiger partial charge < -0.3 is 20.1 Å². The van der Waals surface area contributed by atoms with Gasteiger partial charge in [0.1, 0.15) is 5.82 Å². The zero-order chi connectivity index (χ0) is 16.7. The average molecular weight is 324 g/mol. The summed E-state index contributed by atoms with van der Waals surface area (Å²) in [7, 11) is 0. The molecule has 2 rings (SSSR count). The molecule has 1 heterocycles. The second-order valence-electron chi connectivity index (χ2n) is 5.73. The van der Waals surface area contributed by atoms with E-state index in [1.165, 1.54) is 6.07 Å². The van der Waals surface area contributed by atoms with Crippen molar-refractivity contribution in [1.29, 1.82) is 0 Å². The van der Waals surface area contributed by atoms with Crippen molar-refractivity contribution in [2.24, 2.45) is 0 Å². The van der Waals surface area contributed by atoms with E-state index < -0.39 is 0 Å². The Morgan fingerprint density at radius 1 is 1.43 bits per heavy atom. The molecule has 0 spiro atoms. The van der Waals surface area contributed by atoms with Gasteiger partial charge >= 0.3 is 0 Å². The van der Waals surface area contributed by atoms with Crippen molar-refractivity contribution in [1.82, 2.24) is 5.32 Å². The van der Waals surface area contributed by atoms with Crippen LogP contribution in [0, 0.1) is 5.82 Å². The van der Waals surface area contributed by atoms with Crippen LogP contribution in [0.3, 0.4) is 0 Å². The highest BCUT2D eigenvalue weighted by molar-refractivity contribution is 5.75. The molecular formula is C17H25FN2O3. The fourth-order valence-corrected chi connectivity index (χ4v) is 2.62. The molecule has 0 radical (unpaired) electrons. The van der Waals surface area contributed by atoms with E-state index >= 15 is 0 Å². The molecule has 0 atom stereocenters. The first-order valence-electron chi connectivity index (χ1n) is 8.16. The van der Waals surface area contributed by atoms with Crippen LogP contribution in [0.2, 0.25) is 0 Å². The SMILES string of the molecule is CCOCCC(=O)NCc1ccc(N2CCC(O)CC2)c(F)c1. The lowest BCUT2D eigenvalue weighted by atomic mass is 10.1. The van der Waals surface area contributed by atoms with Crippen molar-refractivity contribution < 1.29 is 19.0 Å². The molecule has 23 heavy (non-hydrogen) atoms. The number of halogens is 1. The van der Waals surface area contributed by atoms with Gasteiger partial charge in [-0.15, -0.1) is 0 Å². The lowest BCUT2D eigenvalue weighted by Crippen LogP contribution is -2.36. The summed E-state index contributed by atoms with van der Waals surface area (Å²) < 4.78 is 19.4. The summed E-state index contributed by atoms with van der Waals surface area (Å²) in [6.07, 6.45) is 1.36. The van der Waals surface area contributed by atoms with Crippen LogP contribution in [0.4, 0.5) is 10.1 Å². The van der Waals surface area contributed by atoms with E-state index in [0.29, 0.717) is 57.8 Å². The third-order valence-corrected chi connectivity index (χ3v) is 3.98. The molecule has 128 valence electrons. The molecule has 1 amide bonds. The van der Waals surface area contributed by atoms with E-state index in [9.17, 15) is 14.3 Å². The van der Waals surface area contributed by atoms with Crippen LogP contribution < -0.4 is 10.2 Å². The molecule has 0 aromatic heterocycles. The number of anilines is 1. The molecule has 1 fully saturated rings. The fraction of sp³-hybridized carbons (Fsp3) is 0.588. The van der Waals surface area contributed by atoms with Gasteiger partial charge in [-0.3, -0.25) is 4.79 Å². The van der Waals surface area contributed by atoms with Crippen molar-refractivity contribution >= 4 is 11.6 Å². The second-order valence-corrected chi connectivity index (χ2v) is 5.73. The number of hydrogen-bond donors (Lipinski definition) is 2. The Morgan fingerprint density at radius 3 is 2.83 bits per heavy atom. The van der Waals surface area contributed by atoms with Gasteiger partial charge in [0.05, 0.1) is 18.4 Å².